The predicted octanol–water partition coefficient (Wildman–Crippen LogP) is 4.21. The number of thiophene rings is 1. The zero-order valence-electron chi connectivity index (χ0n) is 9.06. The second-order valence-electron chi connectivity index (χ2n) is 3.87. The van der Waals surface area contributed by atoms with Crippen LogP contribution in [0.4, 0.5) is 0 Å². The summed E-state index contributed by atoms with van der Waals surface area (Å²) < 4.78 is 0.797. The first-order valence-corrected chi connectivity index (χ1v) is 6.43. The van der Waals surface area contributed by atoms with Crippen molar-refractivity contribution >= 4 is 22.9 Å². The number of halogens is 1. The van der Waals surface area contributed by atoms with Crippen LogP contribution in [0.3, 0.4) is 0 Å². The molecule has 0 saturated heterocycles. The molecule has 0 fully saturated rings. The minimum Gasteiger partial charge on any atom is -0.323 e. The van der Waals surface area contributed by atoms with Crippen LogP contribution >= 0.6 is 22.9 Å². The molecule has 2 atom stereocenters. The molecule has 2 rings (SSSR count). The fraction of sp³-hybridized carbons (Fsp3) is 0.231. The zero-order valence-corrected chi connectivity index (χ0v) is 10.6. The van der Waals surface area contributed by atoms with Gasteiger partial charge in [-0.05, 0) is 17.7 Å². The topological polar surface area (TPSA) is 26.0 Å². The van der Waals surface area contributed by atoms with E-state index < -0.39 is 0 Å². The third-order valence-corrected chi connectivity index (χ3v) is 4.12. The van der Waals surface area contributed by atoms with Gasteiger partial charge in [0.25, 0.3) is 0 Å². The van der Waals surface area contributed by atoms with E-state index in [1.54, 1.807) is 11.3 Å². The Kier molecular flexibility index (Phi) is 3.64. The molecular formula is C13H14ClNS. The van der Waals surface area contributed by atoms with Crippen molar-refractivity contribution in [2.24, 2.45) is 5.73 Å². The van der Waals surface area contributed by atoms with Gasteiger partial charge in [0.15, 0.2) is 0 Å². The number of hydrogen-bond donors (Lipinski definition) is 1. The molecule has 0 bridgehead atoms. The van der Waals surface area contributed by atoms with Gasteiger partial charge in [-0.3, -0.25) is 0 Å². The maximum absolute atomic E-state index is 6.24. The molecule has 2 unspecified atom stereocenters. The van der Waals surface area contributed by atoms with Gasteiger partial charge in [0, 0.05) is 16.8 Å². The van der Waals surface area contributed by atoms with Crippen LogP contribution in [0.1, 0.15) is 29.3 Å². The lowest BCUT2D eigenvalue weighted by molar-refractivity contribution is 0.607. The van der Waals surface area contributed by atoms with Crippen LogP contribution in [0.15, 0.2) is 42.5 Å². The summed E-state index contributed by atoms with van der Waals surface area (Å²) in [6.45, 7) is 2.15. The van der Waals surface area contributed by atoms with Crippen molar-refractivity contribution in [2.45, 2.75) is 18.9 Å². The van der Waals surface area contributed by atoms with Gasteiger partial charge in [0.1, 0.15) is 0 Å². The largest absolute Gasteiger partial charge is 0.323 e. The molecule has 0 aliphatic rings. The summed E-state index contributed by atoms with van der Waals surface area (Å²) in [6.07, 6.45) is 0. The molecule has 1 heterocycles. The fourth-order valence-corrected chi connectivity index (χ4v) is 2.89. The van der Waals surface area contributed by atoms with E-state index in [-0.39, 0.29) is 6.04 Å². The standard InChI is InChI=1S/C13H14ClNS/c1-9(10-5-3-2-4-6-10)13(15)11-7-8-12(14)16-11/h2-9,13H,15H2,1H3. The molecule has 0 aliphatic carbocycles. The average Bonchev–Trinajstić information content (AvgIpc) is 2.75. The summed E-state index contributed by atoms with van der Waals surface area (Å²) in [6, 6.07) is 14.2. The SMILES string of the molecule is CC(c1ccccc1)C(N)c1ccc(Cl)s1. The van der Waals surface area contributed by atoms with E-state index in [9.17, 15) is 0 Å². The molecular weight excluding hydrogens is 238 g/mol. The normalized spacial score (nSPS) is 14.7. The van der Waals surface area contributed by atoms with E-state index in [2.05, 4.69) is 19.1 Å². The molecule has 0 aliphatic heterocycles. The zero-order chi connectivity index (χ0) is 11.5. The second-order valence-corrected chi connectivity index (χ2v) is 5.61. The minimum atomic E-state index is 0.0138. The van der Waals surface area contributed by atoms with Crippen molar-refractivity contribution in [1.29, 1.82) is 0 Å². The Hall–Kier alpha value is -0.830. The quantitative estimate of drug-likeness (QED) is 0.869. The van der Waals surface area contributed by atoms with E-state index in [0.29, 0.717) is 5.92 Å². The lowest BCUT2D eigenvalue weighted by Crippen LogP contribution is -2.16. The van der Waals surface area contributed by atoms with Crippen molar-refractivity contribution in [3.8, 4) is 0 Å². The van der Waals surface area contributed by atoms with Crippen LogP contribution < -0.4 is 5.73 Å². The van der Waals surface area contributed by atoms with Gasteiger partial charge in [-0.15, -0.1) is 11.3 Å². The Morgan fingerprint density at radius 2 is 1.81 bits per heavy atom. The van der Waals surface area contributed by atoms with Gasteiger partial charge in [0.05, 0.1) is 4.34 Å². The van der Waals surface area contributed by atoms with Crippen LogP contribution in [0, 0.1) is 0 Å². The molecule has 0 radical (unpaired) electrons. The van der Waals surface area contributed by atoms with Gasteiger partial charge in [-0.2, -0.15) is 0 Å². The number of benzene rings is 1. The van der Waals surface area contributed by atoms with Crippen molar-refractivity contribution in [1.82, 2.24) is 0 Å². The van der Waals surface area contributed by atoms with Crippen LogP contribution in [0.2, 0.25) is 4.34 Å². The van der Waals surface area contributed by atoms with Crippen LogP contribution in [-0.2, 0) is 0 Å². The van der Waals surface area contributed by atoms with Crippen molar-refractivity contribution in [3.05, 3.63) is 57.2 Å². The maximum Gasteiger partial charge on any atom is 0.0931 e. The Labute approximate surface area is 105 Å². The fourth-order valence-electron chi connectivity index (χ4n) is 1.72. The monoisotopic (exact) mass is 251 g/mol. The lowest BCUT2D eigenvalue weighted by atomic mass is 9.93. The number of rotatable bonds is 3. The Morgan fingerprint density at radius 1 is 1.12 bits per heavy atom. The molecule has 3 heteroatoms. The summed E-state index contributed by atoms with van der Waals surface area (Å²) in [5, 5.41) is 0. The minimum absolute atomic E-state index is 0.0138. The van der Waals surface area contributed by atoms with E-state index >= 15 is 0 Å². The first-order valence-electron chi connectivity index (χ1n) is 5.24. The highest BCUT2D eigenvalue weighted by atomic mass is 35.5. The van der Waals surface area contributed by atoms with E-state index in [0.717, 1.165) is 9.21 Å². The third kappa shape index (κ3) is 2.46. The summed E-state index contributed by atoms with van der Waals surface area (Å²) in [5.41, 5.74) is 7.50. The molecule has 1 aromatic carbocycles. The molecule has 1 aromatic heterocycles. The summed E-state index contributed by atoms with van der Waals surface area (Å²) >= 11 is 7.48. The molecule has 2 aromatic rings. The van der Waals surface area contributed by atoms with Crippen LogP contribution in [-0.4, -0.2) is 0 Å². The average molecular weight is 252 g/mol. The van der Waals surface area contributed by atoms with E-state index in [1.807, 2.05) is 30.3 Å². The predicted molar refractivity (Wildman–Crippen MR) is 71.1 cm³/mol. The second kappa shape index (κ2) is 5.00. The molecule has 0 spiro atoms. The van der Waals surface area contributed by atoms with Crippen LogP contribution in [0.5, 0.6) is 0 Å². The highest BCUT2D eigenvalue weighted by molar-refractivity contribution is 7.16. The maximum atomic E-state index is 6.24. The molecule has 0 amide bonds. The first kappa shape index (κ1) is 11.6. The highest BCUT2D eigenvalue weighted by Gasteiger charge is 2.17. The van der Waals surface area contributed by atoms with Gasteiger partial charge >= 0.3 is 0 Å². The smallest absolute Gasteiger partial charge is 0.0931 e. The van der Waals surface area contributed by atoms with E-state index in [1.165, 1.54) is 5.56 Å². The van der Waals surface area contributed by atoms with Crippen molar-refractivity contribution in [3.63, 3.8) is 0 Å². The van der Waals surface area contributed by atoms with Gasteiger partial charge in [0.2, 0.25) is 0 Å². The van der Waals surface area contributed by atoms with Gasteiger partial charge in [-0.25, -0.2) is 0 Å². The number of nitrogens with two attached hydrogens (primary N) is 1. The van der Waals surface area contributed by atoms with E-state index in [4.69, 9.17) is 17.3 Å². The lowest BCUT2D eigenvalue weighted by Gasteiger charge is -2.18. The summed E-state index contributed by atoms with van der Waals surface area (Å²) in [4.78, 5) is 1.14. The Bertz CT molecular complexity index is 452. The summed E-state index contributed by atoms with van der Waals surface area (Å²) in [7, 11) is 0. The molecule has 84 valence electrons. The van der Waals surface area contributed by atoms with Crippen molar-refractivity contribution < 1.29 is 0 Å². The molecule has 0 saturated carbocycles. The summed E-state index contributed by atoms with van der Waals surface area (Å²) in [5.74, 6) is 0.302. The third-order valence-electron chi connectivity index (χ3n) is 2.79. The Balaban J connectivity index is 2.19. The van der Waals surface area contributed by atoms with Gasteiger partial charge < -0.3 is 5.73 Å². The van der Waals surface area contributed by atoms with Crippen molar-refractivity contribution in [2.75, 3.05) is 0 Å². The van der Waals surface area contributed by atoms with Gasteiger partial charge in [-0.1, -0.05) is 48.9 Å². The molecule has 16 heavy (non-hydrogen) atoms. The molecule has 1 nitrogen and oxygen atoms in total. The van der Waals surface area contributed by atoms with Crippen LogP contribution in [0.25, 0.3) is 0 Å². The highest BCUT2D eigenvalue weighted by Crippen LogP contribution is 2.33. The Morgan fingerprint density at radius 3 is 2.38 bits per heavy atom. The molecule has 2 N–H and O–H groups in total. The first-order chi connectivity index (χ1) is 7.68. The number of hydrogen-bond acceptors (Lipinski definition) is 2.